The molecule has 0 aromatic heterocycles. The van der Waals surface area contributed by atoms with Crippen LogP contribution in [0.5, 0.6) is 5.75 Å². The topological polar surface area (TPSA) is 75.7 Å². The van der Waals surface area contributed by atoms with E-state index in [1.54, 1.807) is 6.92 Å². The second-order valence-electron chi connectivity index (χ2n) is 6.92. The lowest BCUT2D eigenvalue weighted by Gasteiger charge is -2.30. The second-order valence-corrected chi connectivity index (χ2v) is 9.59. The number of nitrogens with one attached hydrogen (secondary N) is 1. The van der Waals surface area contributed by atoms with Crippen LogP contribution in [0.2, 0.25) is 10.0 Å². The third kappa shape index (κ3) is 6.03. The standard InChI is InChI=1S/C21H26Cl2N2O4S/c1-5-19(25(30(4,27)28)16-9-10-17(22)18(23)13-16)21(26)24-11-12-29-20-8-6-7-14(2)15(20)3/h6-10,13,19H,5,11-12H2,1-4H3,(H,24,26). The Morgan fingerprint density at radius 2 is 1.87 bits per heavy atom. The molecule has 0 spiro atoms. The molecule has 0 heterocycles. The molecule has 1 atom stereocenters. The van der Waals surface area contributed by atoms with E-state index in [4.69, 9.17) is 27.9 Å². The first kappa shape index (κ1) is 24.3. The van der Waals surface area contributed by atoms with Crippen molar-refractivity contribution in [3.8, 4) is 5.75 Å². The summed E-state index contributed by atoms with van der Waals surface area (Å²) < 4.78 is 31.7. The predicted molar refractivity (Wildman–Crippen MR) is 122 cm³/mol. The summed E-state index contributed by atoms with van der Waals surface area (Å²) in [5.74, 6) is 0.337. The molecule has 0 aliphatic carbocycles. The minimum absolute atomic E-state index is 0.208. The van der Waals surface area contributed by atoms with E-state index in [-0.39, 0.29) is 30.3 Å². The largest absolute Gasteiger partial charge is 0.491 e. The molecule has 2 aromatic rings. The molecule has 2 aromatic carbocycles. The number of amides is 1. The van der Waals surface area contributed by atoms with Gasteiger partial charge in [-0.3, -0.25) is 9.10 Å². The number of hydrogen-bond acceptors (Lipinski definition) is 4. The van der Waals surface area contributed by atoms with Gasteiger partial charge < -0.3 is 10.1 Å². The van der Waals surface area contributed by atoms with Crippen molar-refractivity contribution in [1.29, 1.82) is 0 Å². The van der Waals surface area contributed by atoms with E-state index in [1.165, 1.54) is 18.2 Å². The zero-order valence-electron chi connectivity index (χ0n) is 17.4. The number of anilines is 1. The number of benzene rings is 2. The van der Waals surface area contributed by atoms with E-state index < -0.39 is 22.0 Å². The highest BCUT2D eigenvalue weighted by Crippen LogP contribution is 2.30. The van der Waals surface area contributed by atoms with Gasteiger partial charge in [0.15, 0.2) is 0 Å². The molecule has 0 saturated heterocycles. The van der Waals surface area contributed by atoms with Gasteiger partial charge in [0.2, 0.25) is 15.9 Å². The number of ether oxygens (including phenoxy) is 1. The second kappa shape index (κ2) is 10.4. The van der Waals surface area contributed by atoms with Crippen LogP contribution >= 0.6 is 23.2 Å². The van der Waals surface area contributed by atoms with Gasteiger partial charge in [-0.1, -0.05) is 42.3 Å². The maximum atomic E-state index is 12.8. The fourth-order valence-electron chi connectivity index (χ4n) is 3.02. The number of carbonyl (C=O) groups is 1. The SMILES string of the molecule is CCC(C(=O)NCCOc1cccc(C)c1C)N(c1ccc(Cl)c(Cl)c1)S(C)(=O)=O. The maximum Gasteiger partial charge on any atom is 0.244 e. The Morgan fingerprint density at radius 1 is 1.17 bits per heavy atom. The average molecular weight is 473 g/mol. The zero-order valence-corrected chi connectivity index (χ0v) is 19.7. The van der Waals surface area contributed by atoms with Crippen LogP contribution in [0, 0.1) is 13.8 Å². The van der Waals surface area contributed by atoms with Crippen molar-refractivity contribution in [2.24, 2.45) is 0 Å². The van der Waals surface area contributed by atoms with E-state index in [0.717, 1.165) is 27.4 Å². The molecular formula is C21H26Cl2N2O4S. The number of sulfonamides is 1. The molecule has 0 saturated carbocycles. The quantitative estimate of drug-likeness (QED) is 0.550. The Bertz CT molecular complexity index is 1010. The fourth-order valence-corrected chi connectivity index (χ4v) is 4.51. The molecule has 0 fully saturated rings. The highest BCUT2D eigenvalue weighted by Gasteiger charge is 2.31. The summed E-state index contributed by atoms with van der Waals surface area (Å²) in [5, 5.41) is 3.27. The lowest BCUT2D eigenvalue weighted by atomic mass is 10.1. The minimum atomic E-state index is -3.75. The van der Waals surface area contributed by atoms with Crippen molar-refractivity contribution in [3.63, 3.8) is 0 Å². The number of aryl methyl sites for hydroxylation is 1. The van der Waals surface area contributed by atoms with Crippen LogP contribution in [0.1, 0.15) is 24.5 Å². The van der Waals surface area contributed by atoms with Crippen molar-refractivity contribution in [2.75, 3.05) is 23.7 Å². The Labute approximate surface area is 188 Å². The number of rotatable bonds is 9. The molecule has 9 heteroatoms. The molecule has 6 nitrogen and oxygen atoms in total. The van der Waals surface area contributed by atoms with Crippen LogP contribution in [0.3, 0.4) is 0 Å². The zero-order chi connectivity index (χ0) is 22.5. The summed E-state index contributed by atoms with van der Waals surface area (Å²) in [6.07, 6.45) is 1.33. The number of carbonyl (C=O) groups excluding carboxylic acids is 1. The average Bonchev–Trinajstić information content (AvgIpc) is 2.67. The summed E-state index contributed by atoms with van der Waals surface area (Å²) >= 11 is 12.0. The van der Waals surface area contributed by atoms with Gasteiger partial charge in [0.1, 0.15) is 18.4 Å². The highest BCUT2D eigenvalue weighted by atomic mass is 35.5. The summed E-state index contributed by atoms with van der Waals surface area (Å²) in [6, 6.07) is 9.30. The summed E-state index contributed by atoms with van der Waals surface area (Å²) in [6.45, 7) is 6.21. The molecule has 30 heavy (non-hydrogen) atoms. The Morgan fingerprint density at radius 3 is 2.47 bits per heavy atom. The van der Waals surface area contributed by atoms with Crippen molar-refractivity contribution in [2.45, 2.75) is 33.2 Å². The monoisotopic (exact) mass is 472 g/mol. The smallest absolute Gasteiger partial charge is 0.244 e. The van der Waals surface area contributed by atoms with Gasteiger partial charge in [-0.15, -0.1) is 0 Å². The van der Waals surface area contributed by atoms with Crippen molar-refractivity contribution in [3.05, 3.63) is 57.6 Å². The lowest BCUT2D eigenvalue weighted by molar-refractivity contribution is -0.122. The lowest BCUT2D eigenvalue weighted by Crippen LogP contribution is -2.50. The highest BCUT2D eigenvalue weighted by molar-refractivity contribution is 7.92. The van der Waals surface area contributed by atoms with Crippen molar-refractivity contribution in [1.82, 2.24) is 5.32 Å². The summed E-state index contributed by atoms with van der Waals surface area (Å²) in [4.78, 5) is 12.8. The van der Waals surface area contributed by atoms with Crippen LogP contribution in [-0.2, 0) is 14.8 Å². The molecule has 0 aliphatic heterocycles. The van der Waals surface area contributed by atoms with Crippen molar-refractivity contribution >= 4 is 44.8 Å². The summed E-state index contributed by atoms with van der Waals surface area (Å²) in [7, 11) is -3.75. The molecule has 2 rings (SSSR count). The molecule has 1 amide bonds. The maximum absolute atomic E-state index is 12.8. The van der Waals surface area contributed by atoms with Crippen LogP contribution < -0.4 is 14.4 Å². The van der Waals surface area contributed by atoms with E-state index >= 15 is 0 Å². The van der Waals surface area contributed by atoms with Gasteiger partial charge in [-0.2, -0.15) is 0 Å². The van der Waals surface area contributed by atoms with Gasteiger partial charge in [0.25, 0.3) is 0 Å². The molecular weight excluding hydrogens is 447 g/mol. The van der Waals surface area contributed by atoms with E-state index in [1.807, 2.05) is 32.0 Å². The molecule has 1 N–H and O–H groups in total. The van der Waals surface area contributed by atoms with Gasteiger partial charge >= 0.3 is 0 Å². The van der Waals surface area contributed by atoms with Crippen LogP contribution in [0.25, 0.3) is 0 Å². The Balaban J connectivity index is 2.10. The predicted octanol–water partition coefficient (Wildman–Crippen LogP) is 4.35. The molecule has 0 bridgehead atoms. The normalized spacial score (nSPS) is 12.3. The van der Waals surface area contributed by atoms with Gasteiger partial charge in [0, 0.05) is 0 Å². The first-order valence-corrected chi connectivity index (χ1v) is 12.1. The van der Waals surface area contributed by atoms with Crippen LogP contribution in [0.4, 0.5) is 5.69 Å². The van der Waals surface area contributed by atoms with Gasteiger partial charge in [0.05, 0.1) is 28.5 Å². The molecule has 0 radical (unpaired) electrons. The number of hydrogen-bond donors (Lipinski definition) is 1. The van der Waals surface area contributed by atoms with E-state index in [0.29, 0.717) is 5.02 Å². The molecule has 164 valence electrons. The number of nitrogens with zero attached hydrogens (tertiary/aromatic N) is 1. The van der Waals surface area contributed by atoms with E-state index in [2.05, 4.69) is 5.32 Å². The first-order valence-electron chi connectivity index (χ1n) is 9.47. The third-order valence-corrected chi connectivity index (χ3v) is 6.62. The van der Waals surface area contributed by atoms with E-state index in [9.17, 15) is 13.2 Å². The van der Waals surface area contributed by atoms with Gasteiger partial charge in [-0.25, -0.2) is 8.42 Å². The molecule has 0 aliphatic rings. The number of halogens is 2. The Kier molecular flexibility index (Phi) is 8.41. The van der Waals surface area contributed by atoms with Gasteiger partial charge in [-0.05, 0) is 55.7 Å². The Hall–Kier alpha value is -1.96. The first-order chi connectivity index (χ1) is 14.1. The third-order valence-electron chi connectivity index (χ3n) is 4.70. The van der Waals surface area contributed by atoms with Crippen LogP contribution in [-0.4, -0.2) is 39.8 Å². The molecule has 1 unspecified atom stereocenters. The fraction of sp³-hybridized carbons (Fsp3) is 0.381. The summed E-state index contributed by atoms with van der Waals surface area (Å²) in [5.41, 5.74) is 2.44. The van der Waals surface area contributed by atoms with Crippen LogP contribution in [0.15, 0.2) is 36.4 Å². The van der Waals surface area contributed by atoms with Crippen molar-refractivity contribution < 1.29 is 17.9 Å². The minimum Gasteiger partial charge on any atom is -0.491 e.